The number of carbonyl (C=O) groups excluding carboxylic acids is 12. The minimum Gasteiger partial charge on any atom is -0.548 e. The van der Waals surface area contributed by atoms with Crippen LogP contribution in [-0.2, 0) is 100 Å². The zero-order valence-electron chi connectivity index (χ0n) is 63.2. The van der Waals surface area contributed by atoms with Crippen molar-refractivity contribution in [1.82, 2.24) is 53.2 Å². The number of carbonyl (C=O) groups is 12. The Bertz CT molecular complexity index is 3090. The van der Waals surface area contributed by atoms with E-state index in [9.17, 15) is 109 Å². The van der Waals surface area contributed by atoms with Crippen molar-refractivity contribution in [1.29, 1.82) is 0 Å². The summed E-state index contributed by atoms with van der Waals surface area (Å²) in [5.74, 6) is -11.2. The fourth-order valence-corrected chi connectivity index (χ4v) is 12.6. The molecule has 10 amide bonds. The fourth-order valence-electron chi connectivity index (χ4n) is 12.6. The Morgan fingerprint density at radius 3 is 1.27 bits per heavy atom. The van der Waals surface area contributed by atoms with Crippen LogP contribution in [0, 0.1) is 0 Å². The number of aliphatic carboxylic acids is 2. The van der Waals surface area contributed by atoms with Gasteiger partial charge in [-0.05, 0) is 78.2 Å². The summed E-state index contributed by atoms with van der Waals surface area (Å²) in [6.45, 7) is 5.42. The van der Waals surface area contributed by atoms with Gasteiger partial charge < -0.3 is 162 Å². The van der Waals surface area contributed by atoms with E-state index in [2.05, 4.69) is 68.9 Å². The molecule has 0 bridgehead atoms. The summed E-state index contributed by atoms with van der Waals surface area (Å²) < 4.78 is 55.8. The predicted molar refractivity (Wildman–Crippen MR) is 369 cm³/mol. The molecule has 4 fully saturated rings. The average molecular weight is 1600 g/mol. The molecule has 4 heterocycles. The normalized spacial score (nSPS) is 29.5. The zero-order chi connectivity index (χ0) is 82.9. The summed E-state index contributed by atoms with van der Waals surface area (Å²) in [4.78, 5) is 158. The molecular formula is C66H111N14O31-. The second-order valence-electron chi connectivity index (χ2n) is 27.2. The van der Waals surface area contributed by atoms with Crippen molar-refractivity contribution in [2.75, 3.05) is 52.6 Å². The molecule has 45 nitrogen and oxygen atoms in total. The Labute approximate surface area is 638 Å². The molecule has 0 spiro atoms. The van der Waals surface area contributed by atoms with Gasteiger partial charge in [0.2, 0.25) is 59.1 Å². The monoisotopic (exact) mass is 1600 g/mol. The Balaban J connectivity index is 1.63. The van der Waals surface area contributed by atoms with Gasteiger partial charge in [-0.15, -0.1) is 0 Å². The lowest BCUT2D eigenvalue weighted by Crippen LogP contribution is -2.72. The third kappa shape index (κ3) is 30.3. The minimum atomic E-state index is -2.17. The second-order valence-corrected chi connectivity index (χ2v) is 27.2. The first kappa shape index (κ1) is 95.6. The lowest BCUT2D eigenvalue weighted by atomic mass is 9.92. The van der Waals surface area contributed by atoms with Crippen molar-refractivity contribution in [3.8, 4) is 0 Å². The first-order valence-electron chi connectivity index (χ1n) is 36.7. The number of nitrogens with one attached hydrogen (secondary N) is 10. The molecule has 4 saturated heterocycles. The van der Waals surface area contributed by atoms with Gasteiger partial charge in [0.05, 0.1) is 57.0 Å². The van der Waals surface area contributed by atoms with E-state index in [-0.39, 0.29) is 51.6 Å². The number of rotatable bonds is 47. The van der Waals surface area contributed by atoms with E-state index in [4.69, 9.17) is 48.2 Å². The molecule has 26 atom stereocenters. The molecule has 21 N–H and O–H groups in total. The van der Waals surface area contributed by atoms with E-state index in [0.717, 1.165) is 27.7 Å². The van der Waals surface area contributed by atoms with Crippen LogP contribution in [0.15, 0.2) is 5.11 Å². The topological polar surface area (TPSA) is 693 Å². The third-order valence-corrected chi connectivity index (χ3v) is 18.3. The van der Waals surface area contributed by atoms with Crippen LogP contribution in [0.5, 0.6) is 0 Å². The molecule has 0 radical (unpaired) electrons. The lowest BCUT2D eigenvalue weighted by molar-refractivity contribution is -0.368. The number of quaternary nitrogens is 1. The van der Waals surface area contributed by atoms with Crippen molar-refractivity contribution in [2.24, 2.45) is 5.11 Å². The molecule has 4 aliphatic heterocycles. The van der Waals surface area contributed by atoms with Crippen LogP contribution in [0.1, 0.15) is 132 Å². The summed E-state index contributed by atoms with van der Waals surface area (Å²) in [6.07, 6.45) is -30.4. The number of unbranched alkanes of at least 4 members (excludes halogenated alkanes) is 4. The van der Waals surface area contributed by atoms with Gasteiger partial charge in [0.25, 0.3) is 0 Å². The highest BCUT2D eigenvalue weighted by molar-refractivity contribution is 5.90. The number of hydrogen-bond acceptors (Lipinski definition) is 32. The third-order valence-electron chi connectivity index (χ3n) is 18.3. The van der Waals surface area contributed by atoms with Crippen LogP contribution in [0.2, 0.25) is 0 Å². The highest BCUT2D eigenvalue weighted by Gasteiger charge is 2.58. The number of amides is 10. The maximum Gasteiger partial charge on any atom is 0.249 e. The SMILES string of the molecule is CC(=O)N[C@H]1[C@H](OC2[C@@H](CO)OC(O)[C@H](NC(C)=O)[C@H]2O[C@H](C)C(=O)N[C@@H](C)C(=O)NCCCC(=O)N[C@@H](CCCCCCN=[N+]=[N-])C(=O)[O-])O[C@H](CO)[C@@H](O[C@@H]2O[C@H](CO)C(O[C@@H]3O[C@H](CO)[C@@H](O)[C@H](O)[C@H]3NC(C)=O)[C@H](O[C@H](C)C(=O)N[C@@H](C)C(=O)NCCCC(=O)N[C@@H](CCCC[NH3+])C(=O)[O-])[C@H]2NC(C)=O)[C@@H]1O. The molecule has 0 aromatic heterocycles. The summed E-state index contributed by atoms with van der Waals surface area (Å²) in [5.41, 5.74) is 12.1. The number of aliphatic hydroxyl groups is 8. The van der Waals surface area contributed by atoms with Crippen LogP contribution < -0.4 is 69.1 Å². The predicted octanol–water partition coefficient (Wildman–Crippen LogP) is -11.4. The quantitative estimate of drug-likeness (QED) is 0.0116. The number of hydrogen-bond donors (Lipinski definition) is 19. The van der Waals surface area contributed by atoms with Crippen LogP contribution in [0.4, 0.5) is 0 Å². The second kappa shape index (κ2) is 48.3. The molecule has 111 heavy (non-hydrogen) atoms. The fraction of sp³-hybridized carbons (Fsp3) is 0.818. The number of carboxylic acid groups (broad SMARTS) is 2. The highest BCUT2D eigenvalue weighted by atomic mass is 16.8. The summed E-state index contributed by atoms with van der Waals surface area (Å²) in [6, 6.07) is -12.3. The number of carboxylic acids is 2. The van der Waals surface area contributed by atoms with Gasteiger partial charge in [-0.25, -0.2) is 0 Å². The molecule has 0 aliphatic carbocycles. The summed E-state index contributed by atoms with van der Waals surface area (Å²) >= 11 is 0. The van der Waals surface area contributed by atoms with Crippen LogP contribution in [0.25, 0.3) is 10.4 Å². The van der Waals surface area contributed by atoms with E-state index in [0.29, 0.717) is 51.6 Å². The van der Waals surface area contributed by atoms with Crippen LogP contribution in [-0.4, -0.2) is 323 Å². The molecule has 4 aliphatic rings. The highest BCUT2D eigenvalue weighted by Crippen LogP contribution is 2.37. The first-order valence-corrected chi connectivity index (χ1v) is 36.7. The van der Waals surface area contributed by atoms with E-state index in [1.165, 1.54) is 27.7 Å². The van der Waals surface area contributed by atoms with Gasteiger partial charge in [-0.3, -0.25) is 47.9 Å². The van der Waals surface area contributed by atoms with Crippen molar-refractivity contribution in [3.05, 3.63) is 10.4 Å². The van der Waals surface area contributed by atoms with Gasteiger partial charge >= 0.3 is 0 Å². The summed E-state index contributed by atoms with van der Waals surface area (Å²) in [7, 11) is 0. The van der Waals surface area contributed by atoms with Gasteiger partial charge in [0, 0.05) is 65.1 Å². The van der Waals surface area contributed by atoms with Crippen LogP contribution >= 0.6 is 0 Å². The van der Waals surface area contributed by atoms with E-state index in [1.54, 1.807) is 0 Å². The molecule has 4 rings (SSSR count). The minimum absolute atomic E-state index is 0.0270. The Kier molecular flexibility index (Phi) is 41.6. The van der Waals surface area contributed by atoms with Crippen LogP contribution in [0.3, 0.4) is 0 Å². The number of aliphatic hydroxyl groups excluding tert-OH is 8. The molecule has 0 aromatic carbocycles. The smallest absolute Gasteiger partial charge is 0.249 e. The number of azide groups is 1. The first-order chi connectivity index (χ1) is 52.6. The molecule has 632 valence electrons. The van der Waals surface area contributed by atoms with Gasteiger partial charge in [0.1, 0.15) is 122 Å². The Hall–Kier alpha value is -7.77. The van der Waals surface area contributed by atoms with E-state index < -0.39 is 256 Å². The maximum atomic E-state index is 14.2. The zero-order valence-corrected chi connectivity index (χ0v) is 63.2. The van der Waals surface area contributed by atoms with E-state index >= 15 is 0 Å². The molecular weight excluding hydrogens is 1480 g/mol. The lowest BCUT2D eigenvalue weighted by Gasteiger charge is -2.52. The molecule has 0 aromatic rings. The van der Waals surface area contributed by atoms with Crippen molar-refractivity contribution in [3.63, 3.8) is 0 Å². The molecule has 0 saturated carbocycles. The number of nitrogens with zero attached hydrogens (tertiary/aromatic N) is 3. The Morgan fingerprint density at radius 1 is 0.459 bits per heavy atom. The van der Waals surface area contributed by atoms with Crippen molar-refractivity contribution in [2.45, 2.75) is 291 Å². The van der Waals surface area contributed by atoms with Gasteiger partial charge in [-0.1, -0.05) is 24.4 Å². The van der Waals surface area contributed by atoms with Crippen molar-refractivity contribution < 1.29 is 157 Å². The Morgan fingerprint density at radius 2 is 0.838 bits per heavy atom. The molecule has 3 unspecified atom stereocenters. The average Bonchev–Trinajstić information content (AvgIpc) is 0.764. The van der Waals surface area contributed by atoms with Crippen molar-refractivity contribution >= 4 is 71.0 Å². The standard InChI is InChI=1S/C66H112N14O31/c1-29(57(94)69-22-15-19-43(89)78-37(61(98)99)17-11-9-10-14-24-71-80-68)72-59(96)31(3)103-55-47(76-35(7)87)63(102)105-41(27-83)53(55)110-65-46(75-34(6)86)51(93)52(40(26-82)107-65)109-66-48(77-36(8)88)56(54(42(28-84)108-66)111-64-45(74-33(5)85)50(92)49(91)39(25-81)106-64)104-32(4)60(97)73-30(2)58(95)70-23-16-20-44(90)79-38(62(100)101)18-12-13-21-67/h29-32,37-42,45-56,63-66,81-84,91-93,102H,9-28,67H2,1-8H3,(H,69,94)(H,70,95)(H,72,96)(H,73,97)(H,74,85)(H,75,86)(H,76,87)(H,77,88)(H,78,89)(H,79,90)(H,98,99)(H,100,101)/p-1/t29-,30-,31+,32+,37-,38-,39+,40+,41+,42+,45+,46+,47+,48+,49+,50+,51+,52+,53?,54?,55+,56+,63?,64-,65-,66-/m0/s1. The largest absolute Gasteiger partial charge is 0.548 e. The van der Waals surface area contributed by atoms with Gasteiger partial charge in [-0.2, -0.15) is 0 Å². The summed E-state index contributed by atoms with van der Waals surface area (Å²) in [5, 5.41) is 141. The van der Waals surface area contributed by atoms with E-state index in [1.807, 2.05) is 0 Å². The maximum absolute atomic E-state index is 14.2. The van der Waals surface area contributed by atoms with Gasteiger partial charge in [0.15, 0.2) is 25.2 Å². The molecule has 45 heteroatoms. The number of ether oxygens (including phenoxy) is 9.